The maximum atomic E-state index is 5.46. The van der Waals surface area contributed by atoms with E-state index < -0.39 is 0 Å². The molecule has 0 amide bonds. The van der Waals surface area contributed by atoms with Crippen LogP contribution in [-0.4, -0.2) is 37.5 Å². The molecule has 27 heavy (non-hydrogen) atoms. The Balaban J connectivity index is 1.60. The van der Waals surface area contributed by atoms with Gasteiger partial charge in [0.1, 0.15) is 0 Å². The summed E-state index contributed by atoms with van der Waals surface area (Å²) in [6, 6.07) is 18.4. The van der Waals surface area contributed by atoms with Crippen LogP contribution in [-0.2, 0) is 4.74 Å². The van der Waals surface area contributed by atoms with Gasteiger partial charge in [0.25, 0.3) is 0 Å². The third kappa shape index (κ3) is 4.35. The van der Waals surface area contributed by atoms with Crippen LogP contribution in [0, 0.1) is 6.92 Å². The summed E-state index contributed by atoms with van der Waals surface area (Å²) in [7, 11) is 0. The molecule has 0 atom stereocenters. The summed E-state index contributed by atoms with van der Waals surface area (Å²) >= 11 is 1.67. The molecule has 1 N–H and O–H groups in total. The Bertz CT molecular complexity index is 900. The molecule has 5 nitrogen and oxygen atoms in total. The molecule has 6 heteroatoms. The highest BCUT2D eigenvalue weighted by atomic mass is 32.1. The maximum Gasteiger partial charge on any atom is 0.186 e. The van der Waals surface area contributed by atoms with Gasteiger partial charge in [-0.15, -0.1) is 0 Å². The van der Waals surface area contributed by atoms with Crippen molar-refractivity contribution in [2.24, 2.45) is 5.10 Å². The van der Waals surface area contributed by atoms with Gasteiger partial charge in [0.2, 0.25) is 0 Å². The lowest BCUT2D eigenvalue weighted by atomic mass is 10.1. The Morgan fingerprint density at radius 3 is 2.56 bits per heavy atom. The van der Waals surface area contributed by atoms with Crippen LogP contribution < -0.4 is 10.3 Å². The molecule has 0 bridgehead atoms. The van der Waals surface area contributed by atoms with Gasteiger partial charge >= 0.3 is 0 Å². The summed E-state index contributed by atoms with van der Waals surface area (Å²) in [5, 5.41) is 5.46. The monoisotopic (exact) mass is 378 g/mol. The predicted octanol–water partition coefficient (Wildman–Crippen LogP) is 4.40. The SMILES string of the molecule is Cc1ccc(N/N=C\c2sc(N3CCOCC3)nc2-c2ccccc2)cc1. The van der Waals surface area contributed by atoms with E-state index in [1.807, 2.05) is 36.5 Å². The van der Waals surface area contributed by atoms with E-state index in [1.54, 1.807) is 11.3 Å². The first-order chi connectivity index (χ1) is 13.3. The van der Waals surface area contributed by atoms with Crippen molar-refractivity contribution in [1.29, 1.82) is 0 Å². The lowest BCUT2D eigenvalue weighted by Gasteiger charge is -2.26. The Kier molecular flexibility index (Phi) is 5.46. The number of rotatable bonds is 5. The fraction of sp³-hybridized carbons (Fsp3) is 0.238. The number of aromatic nitrogens is 1. The molecule has 4 rings (SSSR count). The molecule has 0 radical (unpaired) electrons. The Hall–Kier alpha value is -2.70. The molecule has 138 valence electrons. The van der Waals surface area contributed by atoms with Crippen LogP contribution in [0.2, 0.25) is 0 Å². The van der Waals surface area contributed by atoms with E-state index in [4.69, 9.17) is 9.72 Å². The van der Waals surface area contributed by atoms with Gasteiger partial charge in [-0.05, 0) is 19.1 Å². The average Bonchev–Trinajstić information content (AvgIpc) is 3.15. The summed E-state index contributed by atoms with van der Waals surface area (Å²) in [5.41, 5.74) is 7.37. The largest absolute Gasteiger partial charge is 0.378 e. The number of thiazole rings is 1. The van der Waals surface area contributed by atoms with Crippen LogP contribution in [0.3, 0.4) is 0 Å². The van der Waals surface area contributed by atoms with Crippen molar-refractivity contribution < 1.29 is 4.74 Å². The fourth-order valence-electron chi connectivity index (χ4n) is 2.89. The van der Waals surface area contributed by atoms with Gasteiger partial charge in [0.05, 0.1) is 35.7 Å². The zero-order valence-electron chi connectivity index (χ0n) is 15.3. The standard InChI is InChI=1S/C21H22N4OS/c1-16-7-9-18(10-8-16)24-22-15-19-20(17-5-3-2-4-6-17)23-21(27-19)25-11-13-26-14-12-25/h2-10,15,24H,11-14H2,1H3/b22-15-. The number of hydrogen-bond acceptors (Lipinski definition) is 6. The Morgan fingerprint density at radius 2 is 1.81 bits per heavy atom. The van der Waals surface area contributed by atoms with Gasteiger partial charge < -0.3 is 9.64 Å². The number of hydrazone groups is 1. The Morgan fingerprint density at radius 1 is 1.07 bits per heavy atom. The minimum absolute atomic E-state index is 0.749. The van der Waals surface area contributed by atoms with E-state index in [2.05, 4.69) is 46.6 Å². The highest BCUT2D eigenvalue weighted by Crippen LogP contribution is 2.32. The molecule has 0 unspecified atom stereocenters. The van der Waals surface area contributed by atoms with Crippen molar-refractivity contribution in [3.63, 3.8) is 0 Å². The van der Waals surface area contributed by atoms with E-state index >= 15 is 0 Å². The van der Waals surface area contributed by atoms with E-state index in [0.29, 0.717) is 0 Å². The van der Waals surface area contributed by atoms with Gasteiger partial charge in [0.15, 0.2) is 5.13 Å². The molecule has 3 aromatic rings. The smallest absolute Gasteiger partial charge is 0.186 e. The van der Waals surface area contributed by atoms with Gasteiger partial charge in [-0.2, -0.15) is 5.10 Å². The predicted molar refractivity (Wildman–Crippen MR) is 113 cm³/mol. The number of anilines is 2. The topological polar surface area (TPSA) is 49.8 Å². The fourth-order valence-corrected chi connectivity index (χ4v) is 3.90. The van der Waals surface area contributed by atoms with E-state index in [1.165, 1.54) is 5.56 Å². The molecule has 1 aliphatic rings. The quantitative estimate of drug-likeness (QED) is 0.528. The number of hydrogen-bond donors (Lipinski definition) is 1. The van der Waals surface area contributed by atoms with Gasteiger partial charge in [0, 0.05) is 18.7 Å². The second-order valence-electron chi connectivity index (χ2n) is 6.41. The highest BCUT2D eigenvalue weighted by Gasteiger charge is 2.18. The molecular formula is C21H22N4OS. The second kappa shape index (κ2) is 8.33. The van der Waals surface area contributed by atoms with Crippen LogP contribution in [0.4, 0.5) is 10.8 Å². The van der Waals surface area contributed by atoms with Gasteiger partial charge in [-0.25, -0.2) is 4.98 Å². The minimum Gasteiger partial charge on any atom is -0.378 e. The highest BCUT2D eigenvalue weighted by molar-refractivity contribution is 7.17. The van der Waals surface area contributed by atoms with Crippen LogP contribution in [0.5, 0.6) is 0 Å². The average molecular weight is 379 g/mol. The van der Waals surface area contributed by atoms with Crippen molar-refractivity contribution in [1.82, 2.24) is 4.98 Å². The van der Waals surface area contributed by atoms with Crippen LogP contribution in [0.1, 0.15) is 10.4 Å². The first-order valence-electron chi connectivity index (χ1n) is 9.04. The van der Waals surface area contributed by atoms with Crippen LogP contribution >= 0.6 is 11.3 Å². The summed E-state index contributed by atoms with van der Waals surface area (Å²) in [6.45, 7) is 5.32. The minimum atomic E-state index is 0.749. The number of nitrogens with one attached hydrogen (secondary N) is 1. The molecule has 2 heterocycles. The number of morpholine rings is 1. The van der Waals surface area contributed by atoms with Gasteiger partial charge in [-0.3, -0.25) is 5.43 Å². The first kappa shape index (κ1) is 17.7. The molecule has 2 aromatic carbocycles. The van der Waals surface area contributed by atoms with E-state index in [0.717, 1.165) is 53.3 Å². The first-order valence-corrected chi connectivity index (χ1v) is 9.86. The number of nitrogens with zero attached hydrogens (tertiary/aromatic N) is 3. The summed E-state index contributed by atoms with van der Waals surface area (Å²) in [4.78, 5) is 8.24. The molecule has 1 aromatic heterocycles. The third-order valence-electron chi connectivity index (χ3n) is 4.40. The summed E-state index contributed by atoms with van der Waals surface area (Å²) in [6.07, 6.45) is 1.86. The molecule has 0 aliphatic carbocycles. The lowest BCUT2D eigenvalue weighted by Crippen LogP contribution is -2.36. The molecule has 1 fully saturated rings. The van der Waals surface area contributed by atoms with Crippen molar-refractivity contribution in [2.75, 3.05) is 36.6 Å². The third-order valence-corrected chi connectivity index (χ3v) is 5.45. The van der Waals surface area contributed by atoms with Gasteiger partial charge in [-0.1, -0.05) is 59.4 Å². The normalized spacial score (nSPS) is 14.6. The van der Waals surface area contributed by atoms with Crippen molar-refractivity contribution >= 4 is 28.4 Å². The summed E-state index contributed by atoms with van der Waals surface area (Å²) < 4.78 is 5.46. The Labute approximate surface area is 163 Å². The maximum absolute atomic E-state index is 5.46. The van der Waals surface area contributed by atoms with Crippen molar-refractivity contribution in [2.45, 2.75) is 6.92 Å². The second-order valence-corrected chi connectivity index (χ2v) is 7.42. The molecule has 1 aliphatic heterocycles. The molecule has 1 saturated heterocycles. The summed E-state index contributed by atoms with van der Waals surface area (Å²) in [5.74, 6) is 0. The van der Waals surface area contributed by atoms with Crippen molar-refractivity contribution in [3.8, 4) is 11.3 Å². The molecule has 0 saturated carbocycles. The number of ether oxygens (including phenoxy) is 1. The lowest BCUT2D eigenvalue weighted by molar-refractivity contribution is 0.122. The molecule has 0 spiro atoms. The zero-order chi connectivity index (χ0) is 18.5. The van der Waals surface area contributed by atoms with E-state index in [9.17, 15) is 0 Å². The van der Waals surface area contributed by atoms with Crippen LogP contribution in [0.25, 0.3) is 11.3 Å². The van der Waals surface area contributed by atoms with Crippen LogP contribution in [0.15, 0.2) is 59.7 Å². The zero-order valence-corrected chi connectivity index (χ0v) is 16.1. The van der Waals surface area contributed by atoms with Crippen molar-refractivity contribution in [3.05, 3.63) is 65.0 Å². The molecular weight excluding hydrogens is 356 g/mol. The number of benzene rings is 2. The number of aryl methyl sites for hydroxylation is 1. The van der Waals surface area contributed by atoms with E-state index in [-0.39, 0.29) is 0 Å².